The average Bonchev–Trinajstić information content (AvgIpc) is 3.18. The highest BCUT2D eigenvalue weighted by Crippen LogP contribution is 2.31. The van der Waals surface area contributed by atoms with Gasteiger partial charge in [-0.05, 0) is 70.7 Å². The summed E-state index contributed by atoms with van der Waals surface area (Å²) in [7, 11) is 1.50. The van der Waals surface area contributed by atoms with E-state index in [9.17, 15) is 9.59 Å². The summed E-state index contributed by atoms with van der Waals surface area (Å²) < 4.78 is 13.5. The van der Waals surface area contributed by atoms with Gasteiger partial charge in [0, 0.05) is 11.4 Å². The van der Waals surface area contributed by atoms with Crippen LogP contribution in [0.1, 0.15) is 23.6 Å². The van der Waals surface area contributed by atoms with E-state index >= 15 is 0 Å². The second-order valence-electron chi connectivity index (χ2n) is 6.65. The third-order valence-electron chi connectivity index (χ3n) is 4.72. The molecule has 2 aromatic heterocycles. The number of hydrogen-bond acceptors (Lipinski definition) is 6. The number of nitrogens with zero attached hydrogens (tertiary/aromatic N) is 2. The predicted molar refractivity (Wildman–Crippen MR) is 117 cm³/mol. The number of halogens is 1. The molecular formula is C21H17BrN2O4S. The van der Waals surface area contributed by atoms with E-state index in [1.807, 2.05) is 19.9 Å². The Hall–Kier alpha value is -2.71. The number of aryl methyl sites for hydroxylation is 1. The number of methoxy groups -OCH3 is 1. The maximum Gasteiger partial charge on any atom is 0.308 e. The van der Waals surface area contributed by atoms with Crippen LogP contribution < -0.4 is 19.6 Å². The molecule has 0 spiro atoms. The summed E-state index contributed by atoms with van der Waals surface area (Å²) in [4.78, 5) is 29.6. The standard InChI is InChI=1S/C21H17BrN2O4S/c1-10-7-14-19(18(22)11(10)2)23-21-24(14)20(26)17(29-21)9-13-5-6-15(28-12(3)25)16(8-13)27-4/h5-9H,1-4H3/b17-9+. The van der Waals surface area contributed by atoms with Gasteiger partial charge in [0.15, 0.2) is 16.5 Å². The molecular weight excluding hydrogens is 456 g/mol. The maximum absolute atomic E-state index is 13.1. The number of esters is 1. The van der Waals surface area contributed by atoms with Gasteiger partial charge in [-0.2, -0.15) is 0 Å². The number of benzene rings is 2. The number of aromatic nitrogens is 2. The first-order valence-electron chi connectivity index (χ1n) is 8.79. The molecule has 4 rings (SSSR count). The molecule has 0 saturated carbocycles. The zero-order valence-electron chi connectivity index (χ0n) is 16.2. The molecule has 0 atom stereocenters. The number of ether oxygens (including phenoxy) is 2. The van der Waals surface area contributed by atoms with Gasteiger partial charge in [-0.15, -0.1) is 0 Å². The van der Waals surface area contributed by atoms with Gasteiger partial charge in [-0.1, -0.05) is 17.4 Å². The molecule has 0 fully saturated rings. The van der Waals surface area contributed by atoms with E-state index in [-0.39, 0.29) is 5.56 Å². The smallest absolute Gasteiger partial charge is 0.308 e. The molecule has 0 N–H and O–H groups in total. The van der Waals surface area contributed by atoms with E-state index < -0.39 is 5.97 Å². The van der Waals surface area contributed by atoms with Crippen LogP contribution in [0.15, 0.2) is 33.5 Å². The van der Waals surface area contributed by atoms with Crippen molar-refractivity contribution in [3.8, 4) is 11.5 Å². The van der Waals surface area contributed by atoms with Crippen LogP contribution in [0, 0.1) is 13.8 Å². The van der Waals surface area contributed by atoms with Crippen molar-refractivity contribution in [1.82, 2.24) is 9.38 Å². The molecule has 0 unspecified atom stereocenters. The van der Waals surface area contributed by atoms with Crippen LogP contribution in [-0.4, -0.2) is 22.5 Å². The summed E-state index contributed by atoms with van der Waals surface area (Å²) in [5.41, 5.74) is 4.42. The number of hydrogen-bond donors (Lipinski definition) is 0. The van der Waals surface area contributed by atoms with E-state index in [1.165, 1.54) is 25.4 Å². The first kappa shape index (κ1) is 19.6. The molecule has 0 saturated heterocycles. The number of thiazole rings is 1. The first-order chi connectivity index (χ1) is 13.8. The summed E-state index contributed by atoms with van der Waals surface area (Å²) in [6, 6.07) is 7.13. The quantitative estimate of drug-likeness (QED) is 0.335. The summed E-state index contributed by atoms with van der Waals surface area (Å²) in [6.07, 6.45) is 1.78. The minimum atomic E-state index is -0.426. The molecule has 0 amide bonds. The van der Waals surface area contributed by atoms with Gasteiger partial charge in [0.25, 0.3) is 5.56 Å². The Kier molecular flexibility index (Phi) is 4.92. The van der Waals surface area contributed by atoms with Gasteiger partial charge in [-0.25, -0.2) is 9.38 Å². The lowest BCUT2D eigenvalue weighted by molar-refractivity contribution is -0.132. The van der Waals surface area contributed by atoms with Crippen LogP contribution in [0.5, 0.6) is 11.5 Å². The van der Waals surface area contributed by atoms with Crippen molar-refractivity contribution in [3.63, 3.8) is 0 Å². The van der Waals surface area contributed by atoms with E-state index in [0.29, 0.717) is 21.0 Å². The highest BCUT2D eigenvalue weighted by Gasteiger charge is 2.16. The summed E-state index contributed by atoms with van der Waals surface area (Å²) >= 11 is 4.93. The summed E-state index contributed by atoms with van der Waals surface area (Å²) in [6.45, 7) is 5.37. The summed E-state index contributed by atoms with van der Waals surface area (Å²) in [5, 5.41) is 0. The van der Waals surface area contributed by atoms with Gasteiger partial charge >= 0.3 is 5.97 Å². The van der Waals surface area contributed by atoms with Crippen LogP contribution >= 0.6 is 27.3 Å². The van der Waals surface area contributed by atoms with Crippen LogP contribution in [0.2, 0.25) is 0 Å². The minimum absolute atomic E-state index is 0.120. The lowest BCUT2D eigenvalue weighted by atomic mass is 10.1. The third kappa shape index (κ3) is 3.32. The SMILES string of the molecule is COc1cc(/C=c2/sc3nc4c(Br)c(C)c(C)cc4n3c2=O)ccc1OC(C)=O. The summed E-state index contributed by atoms with van der Waals surface area (Å²) in [5.74, 6) is 0.329. The Bertz CT molecular complexity index is 1400. The minimum Gasteiger partial charge on any atom is -0.493 e. The van der Waals surface area contributed by atoms with Gasteiger partial charge in [0.2, 0.25) is 0 Å². The molecule has 29 heavy (non-hydrogen) atoms. The molecule has 0 radical (unpaired) electrons. The fourth-order valence-electron chi connectivity index (χ4n) is 3.14. The molecule has 0 bridgehead atoms. The van der Waals surface area contributed by atoms with Crippen molar-refractivity contribution < 1.29 is 14.3 Å². The van der Waals surface area contributed by atoms with Crippen LogP contribution in [-0.2, 0) is 4.79 Å². The number of carbonyl (C=O) groups excluding carboxylic acids is 1. The molecule has 2 aromatic carbocycles. The van der Waals surface area contributed by atoms with Gasteiger partial charge in [0.05, 0.1) is 17.2 Å². The number of imidazole rings is 1. The molecule has 0 aliphatic carbocycles. The molecule has 8 heteroatoms. The van der Waals surface area contributed by atoms with E-state index in [1.54, 1.807) is 28.7 Å². The normalized spacial score (nSPS) is 12.1. The highest BCUT2D eigenvalue weighted by molar-refractivity contribution is 9.10. The second-order valence-corrected chi connectivity index (χ2v) is 8.45. The van der Waals surface area contributed by atoms with Crippen molar-refractivity contribution >= 4 is 55.3 Å². The number of rotatable bonds is 3. The largest absolute Gasteiger partial charge is 0.493 e. The third-order valence-corrected chi connectivity index (χ3v) is 6.66. The highest BCUT2D eigenvalue weighted by atomic mass is 79.9. The number of carbonyl (C=O) groups is 1. The molecule has 0 aliphatic heterocycles. The molecule has 148 valence electrons. The van der Waals surface area contributed by atoms with Gasteiger partial charge in [-0.3, -0.25) is 9.59 Å². The Morgan fingerprint density at radius 3 is 2.69 bits per heavy atom. The van der Waals surface area contributed by atoms with Crippen molar-refractivity contribution in [3.05, 3.63) is 60.3 Å². The fraction of sp³-hybridized carbons (Fsp3) is 0.190. The average molecular weight is 473 g/mol. The molecule has 6 nitrogen and oxygen atoms in total. The van der Waals surface area contributed by atoms with Crippen molar-refractivity contribution in [2.45, 2.75) is 20.8 Å². The Morgan fingerprint density at radius 1 is 1.24 bits per heavy atom. The van der Waals surface area contributed by atoms with E-state index in [2.05, 4.69) is 20.9 Å². The fourth-order valence-corrected chi connectivity index (χ4v) is 4.73. The molecule has 2 heterocycles. The van der Waals surface area contributed by atoms with Gasteiger partial charge < -0.3 is 9.47 Å². The molecule has 0 aliphatic rings. The van der Waals surface area contributed by atoms with Crippen molar-refractivity contribution in [2.75, 3.05) is 7.11 Å². The lowest BCUT2D eigenvalue weighted by Crippen LogP contribution is -2.22. The zero-order chi connectivity index (χ0) is 20.9. The van der Waals surface area contributed by atoms with E-state index in [0.717, 1.165) is 32.2 Å². The van der Waals surface area contributed by atoms with E-state index in [4.69, 9.17) is 9.47 Å². The van der Waals surface area contributed by atoms with Crippen LogP contribution in [0.3, 0.4) is 0 Å². The second kappa shape index (κ2) is 7.27. The lowest BCUT2D eigenvalue weighted by Gasteiger charge is -2.08. The van der Waals surface area contributed by atoms with Crippen LogP contribution in [0.25, 0.3) is 22.1 Å². The maximum atomic E-state index is 13.1. The number of fused-ring (bicyclic) bond motifs is 3. The Labute approximate surface area is 178 Å². The van der Waals surface area contributed by atoms with Gasteiger partial charge in [0.1, 0.15) is 5.52 Å². The Balaban J connectivity index is 1.89. The Morgan fingerprint density at radius 2 is 2.00 bits per heavy atom. The van der Waals surface area contributed by atoms with Crippen molar-refractivity contribution in [2.24, 2.45) is 0 Å². The van der Waals surface area contributed by atoms with Crippen molar-refractivity contribution in [1.29, 1.82) is 0 Å². The molecule has 4 aromatic rings. The first-order valence-corrected chi connectivity index (χ1v) is 10.4. The topological polar surface area (TPSA) is 69.9 Å². The monoisotopic (exact) mass is 472 g/mol. The van der Waals surface area contributed by atoms with Crippen LogP contribution in [0.4, 0.5) is 0 Å². The predicted octanol–water partition coefficient (Wildman–Crippen LogP) is 3.77. The zero-order valence-corrected chi connectivity index (χ0v) is 18.6.